The highest BCUT2D eigenvalue weighted by molar-refractivity contribution is 7.90. The first-order chi connectivity index (χ1) is 6.86. The first-order valence-electron chi connectivity index (χ1n) is 3.80. The van der Waals surface area contributed by atoms with E-state index < -0.39 is 21.6 Å². The summed E-state index contributed by atoms with van der Waals surface area (Å²) in [7, 11) is -3.57. The Bertz CT molecular complexity index is 499. The van der Waals surface area contributed by atoms with Crippen molar-refractivity contribution in [2.24, 2.45) is 0 Å². The van der Waals surface area contributed by atoms with E-state index in [1.807, 2.05) is 4.72 Å². The summed E-state index contributed by atoms with van der Waals surface area (Å²) in [6.07, 6.45) is 0.940. The Labute approximate surface area is 92.0 Å². The zero-order chi connectivity index (χ0) is 11.6. The molecule has 15 heavy (non-hydrogen) atoms. The predicted molar refractivity (Wildman–Crippen MR) is 56.0 cm³/mol. The van der Waals surface area contributed by atoms with Crippen LogP contribution in [0, 0.1) is 5.82 Å². The molecule has 82 valence electrons. The topological polar surface area (TPSA) is 63.2 Å². The Balaban J connectivity index is 3.47. The number of carbonyl (C=O) groups excluding carboxylic acids is 1. The molecular formula is C8H8FNO3S2. The minimum atomic E-state index is -3.57. The molecule has 0 aliphatic carbocycles. The molecule has 0 atom stereocenters. The summed E-state index contributed by atoms with van der Waals surface area (Å²) in [4.78, 5) is 11.0. The van der Waals surface area contributed by atoms with E-state index in [2.05, 4.69) is 12.8 Å². The molecule has 0 radical (unpaired) electrons. The highest BCUT2D eigenvalue weighted by Gasteiger charge is 2.18. The molecular weight excluding hydrogens is 241 g/mol. The molecule has 7 heteroatoms. The quantitative estimate of drug-likeness (QED) is 0.602. The molecule has 0 spiro atoms. The Hall–Kier alpha value is -1.08. The molecule has 1 amide bonds. The fraction of sp³-hybridized carbons (Fsp3) is 0.125. The number of sulfone groups is 1. The number of amides is 1. The normalized spacial score (nSPS) is 11.1. The summed E-state index contributed by atoms with van der Waals surface area (Å²) in [6, 6.07) is 2.87. The highest BCUT2D eigenvalue weighted by atomic mass is 32.2. The van der Waals surface area contributed by atoms with Crippen molar-refractivity contribution >= 4 is 28.6 Å². The van der Waals surface area contributed by atoms with E-state index in [0.717, 1.165) is 24.5 Å². The van der Waals surface area contributed by atoms with Gasteiger partial charge in [0, 0.05) is 6.26 Å². The number of halogens is 1. The van der Waals surface area contributed by atoms with E-state index in [9.17, 15) is 17.6 Å². The van der Waals surface area contributed by atoms with Gasteiger partial charge in [0.15, 0.2) is 9.84 Å². The number of hydrogen-bond acceptors (Lipinski definition) is 4. The molecule has 0 saturated heterocycles. The lowest BCUT2D eigenvalue weighted by Gasteiger charge is -2.05. The van der Waals surface area contributed by atoms with E-state index >= 15 is 0 Å². The molecule has 0 fully saturated rings. The Morgan fingerprint density at radius 3 is 2.53 bits per heavy atom. The lowest BCUT2D eigenvalue weighted by Crippen LogP contribution is -2.17. The minimum absolute atomic E-state index is 0.226. The number of rotatable bonds is 2. The standard InChI is InChI=1S/C8H8FNO3S2/c1-15(12,13)7-3-2-5(9)4-6(7)8(11)10-14/h2-4,14H,1H3,(H,10,11). The second kappa shape index (κ2) is 4.19. The predicted octanol–water partition coefficient (Wildman–Crippen LogP) is 0.804. The second-order valence-electron chi connectivity index (χ2n) is 2.85. The van der Waals surface area contributed by atoms with Crippen molar-refractivity contribution in [2.75, 3.05) is 6.26 Å². The van der Waals surface area contributed by atoms with Gasteiger partial charge in [0.25, 0.3) is 5.91 Å². The largest absolute Gasteiger partial charge is 0.299 e. The maximum absolute atomic E-state index is 12.8. The van der Waals surface area contributed by atoms with E-state index in [1.165, 1.54) is 0 Å². The minimum Gasteiger partial charge on any atom is -0.299 e. The summed E-state index contributed by atoms with van der Waals surface area (Å²) >= 11 is 3.49. The van der Waals surface area contributed by atoms with Gasteiger partial charge in [0.2, 0.25) is 0 Å². The van der Waals surface area contributed by atoms with Crippen LogP contribution in [-0.2, 0) is 9.84 Å². The van der Waals surface area contributed by atoms with Crippen LogP contribution in [-0.4, -0.2) is 20.6 Å². The molecule has 0 heterocycles. The molecule has 0 aliphatic heterocycles. The second-order valence-corrected chi connectivity index (χ2v) is 5.06. The molecule has 0 unspecified atom stereocenters. The van der Waals surface area contributed by atoms with Gasteiger partial charge in [-0.05, 0) is 18.2 Å². The van der Waals surface area contributed by atoms with Crippen LogP contribution in [0.15, 0.2) is 23.1 Å². The van der Waals surface area contributed by atoms with Gasteiger partial charge in [-0.25, -0.2) is 12.8 Å². The third kappa shape index (κ3) is 2.69. The van der Waals surface area contributed by atoms with E-state index in [4.69, 9.17) is 0 Å². The molecule has 4 nitrogen and oxygen atoms in total. The van der Waals surface area contributed by atoms with Crippen LogP contribution in [0.25, 0.3) is 0 Å². The third-order valence-corrected chi connectivity index (χ3v) is 3.05. The Morgan fingerprint density at radius 2 is 2.07 bits per heavy atom. The zero-order valence-corrected chi connectivity index (χ0v) is 9.40. The maximum atomic E-state index is 12.8. The lowest BCUT2D eigenvalue weighted by atomic mass is 10.2. The van der Waals surface area contributed by atoms with E-state index in [0.29, 0.717) is 0 Å². The van der Waals surface area contributed by atoms with Crippen molar-refractivity contribution in [3.8, 4) is 0 Å². The Morgan fingerprint density at radius 1 is 1.47 bits per heavy atom. The van der Waals surface area contributed by atoms with E-state index in [1.54, 1.807) is 0 Å². The SMILES string of the molecule is CS(=O)(=O)c1ccc(F)cc1C(=O)NS. The number of nitrogens with one attached hydrogen (secondary N) is 1. The van der Waals surface area contributed by atoms with Crippen LogP contribution in [0.1, 0.15) is 10.4 Å². The van der Waals surface area contributed by atoms with Crippen LogP contribution >= 0.6 is 12.8 Å². The summed E-state index contributed by atoms with van der Waals surface area (Å²) in [6.45, 7) is 0. The molecule has 1 rings (SSSR count). The van der Waals surface area contributed by atoms with Crippen molar-refractivity contribution in [3.63, 3.8) is 0 Å². The monoisotopic (exact) mass is 249 g/mol. The van der Waals surface area contributed by atoms with Crippen molar-refractivity contribution in [1.29, 1.82) is 0 Å². The number of thiol groups is 1. The summed E-state index contributed by atoms with van der Waals surface area (Å²) in [5, 5.41) is 0. The zero-order valence-electron chi connectivity index (χ0n) is 7.69. The first-order valence-corrected chi connectivity index (χ1v) is 6.14. The van der Waals surface area contributed by atoms with Crippen molar-refractivity contribution in [3.05, 3.63) is 29.6 Å². The molecule has 1 N–H and O–H groups in total. The van der Waals surface area contributed by atoms with Gasteiger partial charge in [-0.15, -0.1) is 0 Å². The van der Waals surface area contributed by atoms with Crippen molar-refractivity contribution in [2.45, 2.75) is 4.90 Å². The van der Waals surface area contributed by atoms with Crippen LogP contribution in [0.4, 0.5) is 4.39 Å². The van der Waals surface area contributed by atoms with Gasteiger partial charge in [0.05, 0.1) is 10.5 Å². The van der Waals surface area contributed by atoms with Gasteiger partial charge in [-0.1, -0.05) is 12.8 Å². The molecule has 0 aromatic heterocycles. The van der Waals surface area contributed by atoms with Crippen molar-refractivity contribution in [1.82, 2.24) is 4.72 Å². The average molecular weight is 249 g/mol. The third-order valence-electron chi connectivity index (χ3n) is 1.69. The maximum Gasteiger partial charge on any atom is 0.262 e. The number of carbonyl (C=O) groups is 1. The van der Waals surface area contributed by atoms with Gasteiger partial charge < -0.3 is 0 Å². The molecule has 0 bridgehead atoms. The van der Waals surface area contributed by atoms with Gasteiger partial charge in [-0.3, -0.25) is 9.52 Å². The summed E-state index contributed by atoms with van der Waals surface area (Å²) < 4.78 is 37.3. The van der Waals surface area contributed by atoms with E-state index in [-0.39, 0.29) is 10.5 Å². The Kier molecular flexibility index (Phi) is 3.35. The molecule has 0 saturated carbocycles. The first kappa shape index (κ1) is 12.0. The summed E-state index contributed by atoms with van der Waals surface area (Å²) in [5.41, 5.74) is -0.257. The van der Waals surface area contributed by atoms with Crippen LogP contribution < -0.4 is 4.72 Å². The van der Waals surface area contributed by atoms with Gasteiger partial charge in [-0.2, -0.15) is 0 Å². The molecule has 0 aliphatic rings. The fourth-order valence-corrected chi connectivity index (χ4v) is 2.05. The smallest absolute Gasteiger partial charge is 0.262 e. The van der Waals surface area contributed by atoms with Crippen molar-refractivity contribution < 1.29 is 17.6 Å². The lowest BCUT2D eigenvalue weighted by molar-refractivity contribution is 0.0981. The van der Waals surface area contributed by atoms with Crippen LogP contribution in [0.2, 0.25) is 0 Å². The van der Waals surface area contributed by atoms with Gasteiger partial charge >= 0.3 is 0 Å². The summed E-state index contributed by atoms with van der Waals surface area (Å²) in [5.74, 6) is -1.45. The fourth-order valence-electron chi connectivity index (χ4n) is 1.06. The average Bonchev–Trinajstić information content (AvgIpc) is 2.14. The number of hydrogen-bond donors (Lipinski definition) is 2. The van der Waals surface area contributed by atoms with Crippen LogP contribution in [0.5, 0.6) is 0 Å². The molecule has 1 aromatic carbocycles. The number of benzene rings is 1. The van der Waals surface area contributed by atoms with Crippen LogP contribution in [0.3, 0.4) is 0 Å². The highest BCUT2D eigenvalue weighted by Crippen LogP contribution is 2.17. The van der Waals surface area contributed by atoms with Gasteiger partial charge in [0.1, 0.15) is 5.82 Å². The molecule has 1 aromatic rings.